The van der Waals surface area contributed by atoms with Gasteiger partial charge in [0.15, 0.2) is 0 Å². The molecule has 2 heterocycles. The van der Waals surface area contributed by atoms with Crippen LogP contribution in [0.1, 0.15) is 61.4 Å². The minimum atomic E-state index is -0.100. The SMILES string of the molecule is Cc1nc(C(C)(C)C)nc2sc(C(=O)NCC(C)C)c(C)c12. The Labute approximate surface area is 136 Å². The van der Waals surface area contributed by atoms with Crippen LogP contribution < -0.4 is 5.32 Å². The molecule has 0 saturated heterocycles. The van der Waals surface area contributed by atoms with E-state index in [0.29, 0.717) is 12.5 Å². The van der Waals surface area contributed by atoms with Gasteiger partial charge in [-0.05, 0) is 25.3 Å². The summed E-state index contributed by atoms with van der Waals surface area (Å²) in [5, 5.41) is 4.01. The lowest BCUT2D eigenvalue weighted by molar-refractivity contribution is 0.0952. The number of hydrogen-bond acceptors (Lipinski definition) is 4. The van der Waals surface area contributed by atoms with E-state index in [0.717, 1.165) is 32.2 Å². The Balaban J connectivity index is 2.49. The summed E-state index contributed by atoms with van der Waals surface area (Å²) in [5.74, 6) is 1.26. The maximum absolute atomic E-state index is 12.4. The average Bonchev–Trinajstić information content (AvgIpc) is 2.72. The average molecular weight is 319 g/mol. The molecule has 0 radical (unpaired) electrons. The maximum atomic E-state index is 12.4. The first-order valence-corrected chi connectivity index (χ1v) is 8.49. The topological polar surface area (TPSA) is 54.9 Å². The molecule has 0 aromatic carbocycles. The molecule has 1 N–H and O–H groups in total. The highest BCUT2D eigenvalue weighted by atomic mass is 32.1. The van der Waals surface area contributed by atoms with E-state index in [-0.39, 0.29) is 11.3 Å². The number of rotatable bonds is 3. The van der Waals surface area contributed by atoms with E-state index in [4.69, 9.17) is 4.98 Å². The van der Waals surface area contributed by atoms with Crippen molar-refractivity contribution in [2.75, 3.05) is 6.54 Å². The molecule has 0 aliphatic rings. The van der Waals surface area contributed by atoms with E-state index >= 15 is 0 Å². The van der Waals surface area contributed by atoms with Gasteiger partial charge in [0.2, 0.25) is 0 Å². The molecular weight excluding hydrogens is 294 g/mol. The van der Waals surface area contributed by atoms with Gasteiger partial charge in [-0.1, -0.05) is 34.6 Å². The van der Waals surface area contributed by atoms with Gasteiger partial charge in [-0.2, -0.15) is 0 Å². The van der Waals surface area contributed by atoms with Crippen molar-refractivity contribution >= 4 is 27.5 Å². The number of thiophene rings is 1. The zero-order chi connectivity index (χ0) is 16.7. The van der Waals surface area contributed by atoms with Crippen LogP contribution in [0.5, 0.6) is 0 Å². The van der Waals surface area contributed by atoms with Gasteiger partial charge in [-0.3, -0.25) is 4.79 Å². The van der Waals surface area contributed by atoms with Gasteiger partial charge < -0.3 is 5.32 Å². The van der Waals surface area contributed by atoms with Gasteiger partial charge in [0, 0.05) is 17.3 Å². The third kappa shape index (κ3) is 3.29. The van der Waals surface area contributed by atoms with Crippen molar-refractivity contribution in [3.63, 3.8) is 0 Å². The number of aromatic nitrogens is 2. The van der Waals surface area contributed by atoms with E-state index in [1.54, 1.807) is 0 Å². The standard InChI is InChI=1S/C17H25N3OS/c1-9(2)8-18-14(21)13-10(3)12-11(4)19-16(17(5,6)7)20-15(12)22-13/h9H,8H2,1-7H3,(H,18,21). The molecule has 4 nitrogen and oxygen atoms in total. The number of aryl methyl sites for hydroxylation is 2. The minimum absolute atomic E-state index is 0.00842. The van der Waals surface area contributed by atoms with Crippen LogP contribution in [0.2, 0.25) is 0 Å². The van der Waals surface area contributed by atoms with Gasteiger partial charge in [0.1, 0.15) is 10.7 Å². The molecule has 0 spiro atoms. The summed E-state index contributed by atoms with van der Waals surface area (Å²) in [6.07, 6.45) is 0. The van der Waals surface area contributed by atoms with E-state index in [9.17, 15) is 4.79 Å². The Morgan fingerprint density at radius 3 is 2.41 bits per heavy atom. The van der Waals surface area contributed by atoms with E-state index in [1.807, 2.05) is 13.8 Å². The fourth-order valence-electron chi connectivity index (χ4n) is 2.27. The second-order valence-electron chi connectivity index (χ2n) is 7.22. The van der Waals surface area contributed by atoms with Gasteiger partial charge in [-0.25, -0.2) is 9.97 Å². The van der Waals surface area contributed by atoms with Gasteiger partial charge in [0.25, 0.3) is 5.91 Å². The van der Waals surface area contributed by atoms with Crippen molar-refractivity contribution in [1.82, 2.24) is 15.3 Å². The molecule has 2 aromatic heterocycles. The van der Waals surface area contributed by atoms with Gasteiger partial charge in [-0.15, -0.1) is 11.3 Å². The van der Waals surface area contributed by atoms with Gasteiger partial charge in [0.05, 0.1) is 10.6 Å². The van der Waals surface area contributed by atoms with Gasteiger partial charge >= 0.3 is 0 Å². The molecule has 0 unspecified atom stereocenters. The zero-order valence-corrected chi connectivity index (χ0v) is 15.3. The smallest absolute Gasteiger partial charge is 0.261 e. The van der Waals surface area contributed by atoms with Crippen LogP contribution in [0.4, 0.5) is 0 Å². The summed E-state index contributed by atoms with van der Waals surface area (Å²) in [6, 6.07) is 0. The molecule has 1 amide bonds. The largest absolute Gasteiger partial charge is 0.351 e. The predicted octanol–water partition coefficient (Wildman–Crippen LogP) is 3.99. The molecule has 22 heavy (non-hydrogen) atoms. The van der Waals surface area contributed by atoms with Crippen LogP contribution in [-0.4, -0.2) is 22.4 Å². The highest BCUT2D eigenvalue weighted by Crippen LogP contribution is 2.33. The first-order chi connectivity index (χ1) is 10.1. The second kappa shape index (κ2) is 5.95. The summed E-state index contributed by atoms with van der Waals surface area (Å²) in [4.78, 5) is 23.4. The van der Waals surface area contributed by atoms with Crippen LogP contribution in [0.25, 0.3) is 10.2 Å². The Bertz CT molecular complexity index is 711. The number of hydrogen-bond donors (Lipinski definition) is 1. The summed E-state index contributed by atoms with van der Waals surface area (Å²) < 4.78 is 0. The molecule has 2 aromatic rings. The number of carbonyl (C=O) groups is 1. The number of nitrogens with zero attached hydrogens (tertiary/aromatic N) is 2. The van der Waals surface area contributed by atoms with Crippen LogP contribution in [0, 0.1) is 19.8 Å². The Morgan fingerprint density at radius 1 is 1.23 bits per heavy atom. The van der Waals surface area contributed by atoms with Crippen molar-refractivity contribution in [1.29, 1.82) is 0 Å². The lowest BCUT2D eigenvalue weighted by Crippen LogP contribution is -2.27. The van der Waals surface area contributed by atoms with E-state index in [1.165, 1.54) is 11.3 Å². The lowest BCUT2D eigenvalue weighted by Gasteiger charge is -2.16. The maximum Gasteiger partial charge on any atom is 0.261 e. The Kier molecular flexibility index (Phi) is 4.57. The Hall–Kier alpha value is -1.49. The quantitative estimate of drug-likeness (QED) is 0.930. The highest BCUT2D eigenvalue weighted by molar-refractivity contribution is 7.20. The normalized spacial score (nSPS) is 12.2. The van der Waals surface area contributed by atoms with E-state index in [2.05, 4.69) is 44.9 Å². The van der Waals surface area contributed by atoms with Crippen molar-refractivity contribution in [3.8, 4) is 0 Å². The second-order valence-corrected chi connectivity index (χ2v) is 8.22. The predicted molar refractivity (Wildman–Crippen MR) is 92.8 cm³/mol. The summed E-state index contributed by atoms with van der Waals surface area (Å²) in [7, 11) is 0. The number of fused-ring (bicyclic) bond motifs is 1. The van der Waals surface area contributed by atoms with Crippen LogP contribution in [0.3, 0.4) is 0 Å². The zero-order valence-electron chi connectivity index (χ0n) is 14.5. The molecular formula is C17H25N3OS. The third-order valence-electron chi connectivity index (χ3n) is 3.52. The van der Waals surface area contributed by atoms with Crippen molar-refractivity contribution in [2.45, 2.75) is 53.9 Å². The number of nitrogens with one attached hydrogen (secondary N) is 1. The molecule has 0 fully saturated rings. The molecule has 2 rings (SSSR count). The molecule has 5 heteroatoms. The summed E-state index contributed by atoms with van der Waals surface area (Å²) >= 11 is 1.46. The lowest BCUT2D eigenvalue weighted by atomic mass is 9.95. The van der Waals surface area contributed by atoms with Crippen molar-refractivity contribution in [2.24, 2.45) is 5.92 Å². The molecule has 0 aliphatic heterocycles. The fraction of sp³-hybridized carbons (Fsp3) is 0.588. The summed E-state index contributed by atoms with van der Waals surface area (Å²) in [6.45, 7) is 15.1. The fourth-order valence-corrected chi connectivity index (χ4v) is 3.42. The van der Waals surface area contributed by atoms with Crippen molar-refractivity contribution in [3.05, 3.63) is 22.0 Å². The third-order valence-corrected chi connectivity index (χ3v) is 4.70. The van der Waals surface area contributed by atoms with Crippen LogP contribution >= 0.6 is 11.3 Å². The van der Waals surface area contributed by atoms with E-state index < -0.39 is 0 Å². The first-order valence-electron chi connectivity index (χ1n) is 7.67. The highest BCUT2D eigenvalue weighted by Gasteiger charge is 2.23. The molecule has 0 aliphatic carbocycles. The Morgan fingerprint density at radius 2 is 1.86 bits per heavy atom. The number of carbonyl (C=O) groups excluding carboxylic acids is 1. The monoisotopic (exact) mass is 319 g/mol. The number of amides is 1. The molecule has 0 atom stereocenters. The first kappa shape index (κ1) is 16.9. The van der Waals surface area contributed by atoms with Crippen molar-refractivity contribution < 1.29 is 4.79 Å². The molecule has 0 bridgehead atoms. The minimum Gasteiger partial charge on any atom is -0.351 e. The summed E-state index contributed by atoms with van der Waals surface area (Å²) in [5.41, 5.74) is 1.84. The van der Waals surface area contributed by atoms with Crippen LogP contribution in [0.15, 0.2) is 0 Å². The molecule has 120 valence electrons. The molecule has 0 saturated carbocycles. The van der Waals surface area contributed by atoms with Crippen LogP contribution in [-0.2, 0) is 5.41 Å².